The van der Waals surface area contributed by atoms with Crippen LogP contribution >= 0.6 is 0 Å². The van der Waals surface area contributed by atoms with Gasteiger partial charge < -0.3 is 14.2 Å². The van der Waals surface area contributed by atoms with E-state index in [1.165, 1.54) is 7.11 Å². The molecule has 0 amide bonds. The Morgan fingerprint density at radius 2 is 1.74 bits per heavy atom. The molecule has 0 N–H and O–H groups in total. The number of rotatable bonds is 7. The van der Waals surface area contributed by atoms with Gasteiger partial charge in [-0.05, 0) is 36.3 Å². The number of hydrogen-bond donors (Lipinski definition) is 0. The zero-order valence-corrected chi connectivity index (χ0v) is 13.3. The van der Waals surface area contributed by atoms with Crippen LogP contribution in [0.25, 0.3) is 6.08 Å². The Kier molecular flexibility index (Phi) is 6.24. The fourth-order valence-electron chi connectivity index (χ4n) is 1.96. The first kappa shape index (κ1) is 16.6. The number of methoxy groups -OCH3 is 1. The van der Waals surface area contributed by atoms with Crippen molar-refractivity contribution in [3.63, 3.8) is 0 Å². The highest BCUT2D eigenvalue weighted by Crippen LogP contribution is 2.16. The van der Waals surface area contributed by atoms with Gasteiger partial charge in [-0.25, -0.2) is 4.79 Å². The van der Waals surface area contributed by atoms with Crippen LogP contribution in [0.5, 0.6) is 5.75 Å². The molecule has 2 aromatic carbocycles. The van der Waals surface area contributed by atoms with Crippen LogP contribution in [0, 0.1) is 0 Å². The lowest BCUT2D eigenvalue weighted by atomic mass is 10.2. The van der Waals surface area contributed by atoms with Crippen LogP contribution in [0.3, 0.4) is 0 Å². The Morgan fingerprint density at radius 1 is 1.04 bits per heavy atom. The van der Waals surface area contributed by atoms with E-state index >= 15 is 0 Å². The standard InChI is InChI=1S/C19H20O4/c1-3-22-19(20)18(21-2)13-15-9-11-17(12-10-15)23-14-16-7-5-4-6-8-16/h4-13H,3,14H2,1-2H3. The summed E-state index contributed by atoms with van der Waals surface area (Å²) < 4.78 is 15.7. The molecule has 4 nitrogen and oxygen atoms in total. The molecule has 0 aliphatic rings. The van der Waals surface area contributed by atoms with E-state index in [-0.39, 0.29) is 5.76 Å². The SMILES string of the molecule is CCOC(=O)C(=Cc1ccc(OCc2ccccc2)cc1)OC. The third-order valence-corrected chi connectivity index (χ3v) is 3.12. The van der Waals surface area contributed by atoms with Crippen LogP contribution in [0.4, 0.5) is 0 Å². The lowest BCUT2D eigenvalue weighted by molar-refractivity contribution is -0.141. The van der Waals surface area contributed by atoms with Gasteiger partial charge in [-0.1, -0.05) is 42.5 Å². The summed E-state index contributed by atoms with van der Waals surface area (Å²) in [5, 5.41) is 0. The highest BCUT2D eigenvalue weighted by atomic mass is 16.6. The molecule has 23 heavy (non-hydrogen) atoms. The van der Waals surface area contributed by atoms with Gasteiger partial charge in [0.15, 0.2) is 0 Å². The van der Waals surface area contributed by atoms with Crippen LogP contribution in [-0.2, 0) is 20.9 Å². The molecule has 4 heteroatoms. The maximum atomic E-state index is 11.7. The Morgan fingerprint density at radius 3 is 2.35 bits per heavy atom. The zero-order valence-electron chi connectivity index (χ0n) is 13.3. The van der Waals surface area contributed by atoms with Gasteiger partial charge in [0.05, 0.1) is 13.7 Å². The van der Waals surface area contributed by atoms with Crippen molar-refractivity contribution in [2.75, 3.05) is 13.7 Å². The molecule has 0 heterocycles. The van der Waals surface area contributed by atoms with Crippen molar-refractivity contribution in [2.24, 2.45) is 0 Å². The molecule has 0 saturated heterocycles. The molecule has 0 aromatic heterocycles. The zero-order chi connectivity index (χ0) is 16.5. The minimum atomic E-state index is -0.473. The van der Waals surface area contributed by atoms with Gasteiger partial charge in [-0.2, -0.15) is 0 Å². The van der Waals surface area contributed by atoms with Crippen LogP contribution in [0.15, 0.2) is 60.4 Å². The van der Waals surface area contributed by atoms with Crippen molar-refractivity contribution in [1.82, 2.24) is 0 Å². The highest BCUT2D eigenvalue weighted by Gasteiger charge is 2.10. The molecule has 0 aliphatic carbocycles. The number of carbonyl (C=O) groups is 1. The Bertz CT molecular complexity index is 645. The average Bonchev–Trinajstić information content (AvgIpc) is 2.60. The Labute approximate surface area is 136 Å². The molecule has 0 bridgehead atoms. The molecule has 120 valence electrons. The monoisotopic (exact) mass is 312 g/mol. The molecular formula is C19H20O4. The first-order valence-electron chi connectivity index (χ1n) is 7.42. The fourth-order valence-corrected chi connectivity index (χ4v) is 1.96. The topological polar surface area (TPSA) is 44.8 Å². The van der Waals surface area contributed by atoms with E-state index < -0.39 is 5.97 Å². The number of ether oxygens (including phenoxy) is 3. The molecule has 0 unspecified atom stereocenters. The second kappa shape index (κ2) is 8.63. The normalized spacial score (nSPS) is 11.0. The van der Waals surface area contributed by atoms with Gasteiger partial charge in [-0.15, -0.1) is 0 Å². The van der Waals surface area contributed by atoms with Gasteiger partial charge >= 0.3 is 5.97 Å². The fraction of sp³-hybridized carbons (Fsp3) is 0.211. The van der Waals surface area contributed by atoms with E-state index in [2.05, 4.69) is 0 Å². The predicted octanol–water partition coefficient (Wildman–Crippen LogP) is 3.82. The molecular weight excluding hydrogens is 292 g/mol. The summed E-state index contributed by atoms with van der Waals surface area (Å²) in [6, 6.07) is 17.4. The third kappa shape index (κ3) is 5.18. The lowest BCUT2D eigenvalue weighted by Crippen LogP contribution is -2.08. The number of benzene rings is 2. The first-order valence-corrected chi connectivity index (χ1v) is 7.42. The van der Waals surface area contributed by atoms with Crippen molar-refractivity contribution in [1.29, 1.82) is 0 Å². The maximum Gasteiger partial charge on any atom is 0.373 e. The van der Waals surface area contributed by atoms with E-state index in [9.17, 15) is 4.79 Å². The second-order valence-corrected chi connectivity index (χ2v) is 4.78. The van der Waals surface area contributed by atoms with Crippen molar-refractivity contribution < 1.29 is 19.0 Å². The van der Waals surface area contributed by atoms with Crippen LogP contribution in [0.2, 0.25) is 0 Å². The molecule has 0 spiro atoms. The largest absolute Gasteiger partial charge is 0.490 e. The second-order valence-electron chi connectivity index (χ2n) is 4.78. The molecule has 2 aromatic rings. The van der Waals surface area contributed by atoms with E-state index in [1.54, 1.807) is 13.0 Å². The molecule has 0 radical (unpaired) electrons. The van der Waals surface area contributed by atoms with Crippen LogP contribution in [-0.4, -0.2) is 19.7 Å². The summed E-state index contributed by atoms with van der Waals surface area (Å²) in [4.78, 5) is 11.7. The summed E-state index contributed by atoms with van der Waals surface area (Å²) in [5.41, 5.74) is 1.95. The summed E-state index contributed by atoms with van der Waals surface area (Å²) in [7, 11) is 1.44. The summed E-state index contributed by atoms with van der Waals surface area (Å²) in [6.07, 6.45) is 1.64. The molecule has 0 atom stereocenters. The van der Waals surface area contributed by atoms with Gasteiger partial charge in [0.1, 0.15) is 12.4 Å². The smallest absolute Gasteiger partial charge is 0.373 e. The molecule has 0 saturated carbocycles. The molecule has 0 fully saturated rings. The van der Waals surface area contributed by atoms with E-state index in [0.717, 1.165) is 16.9 Å². The maximum absolute atomic E-state index is 11.7. The van der Waals surface area contributed by atoms with Gasteiger partial charge in [0, 0.05) is 0 Å². The van der Waals surface area contributed by atoms with Crippen molar-refractivity contribution in [2.45, 2.75) is 13.5 Å². The third-order valence-electron chi connectivity index (χ3n) is 3.12. The summed E-state index contributed by atoms with van der Waals surface area (Å²) in [5.74, 6) is 0.463. The highest BCUT2D eigenvalue weighted by molar-refractivity contribution is 5.91. The predicted molar refractivity (Wildman–Crippen MR) is 88.8 cm³/mol. The summed E-state index contributed by atoms with van der Waals surface area (Å²) >= 11 is 0. The minimum absolute atomic E-state index is 0.171. The quantitative estimate of drug-likeness (QED) is 0.443. The van der Waals surface area contributed by atoms with E-state index in [4.69, 9.17) is 14.2 Å². The molecule has 0 aliphatic heterocycles. The van der Waals surface area contributed by atoms with Gasteiger partial charge in [0.25, 0.3) is 0 Å². The molecule has 2 rings (SSSR count). The first-order chi connectivity index (χ1) is 11.2. The van der Waals surface area contributed by atoms with E-state index in [1.807, 2.05) is 54.6 Å². The number of hydrogen-bond acceptors (Lipinski definition) is 4. The Balaban J connectivity index is 1.99. The average molecular weight is 312 g/mol. The Hall–Kier alpha value is -2.75. The van der Waals surface area contributed by atoms with Crippen molar-refractivity contribution in [3.05, 3.63) is 71.5 Å². The van der Waals surface area contributed by atoms with Crippen LogP contribution < -0.4 is 4.74 Å². The minimum Gasteiger partial charge on any atom is -0.490 e. The number of esters is 1. The number of carbonyl (C=O) groups excluding carboxylic acids is 1. The van der Waals surface area contributed by atoms with Gasteiger partial charge in [-0.3, -0.25) is 0 Å². The van der Waals surface area contributed by atoms with Crippen molar-refractivity contribution >= 4 is 12.0 Å². The summed E-state index contributed by atoms with van der Waals surface area (Å²) in [6.45, 7) is 2.58. The van der Waals surface area contributed by atoms with Crippen LogP contribution in [0.1, 0.15) is 18.1 Å². The lowest BCUT2D eigenvalue weighted by Gasteiger charge is -2.07. The van der Waals surface area contributed by atoms with Crippen molar-refractivity contribution in [3.8, 4) is 5.75 Å². The van der Waals surface area contributed by atoms with Gasteiger partial charge in [0.2, 0.25) is 5.76 Å². The van der Waals surface area contributed by atoms with E-state index in [0.29, 0.717) is 13.2 Å².